The van der Waals surface area contributed by atoms with Crippen molar-refractivity contribution in [2.75, 3.05) is 7.11 Å². The predicted octanol–water partition coefficient (Wildman–Crippen LogP) is 2.40. The molecule has 124 valence electrons. The lowest BCUT2D eigenvalue weighted by Crippen LogP contribution is -2.23. The summed E-state index contributed by atoms with van der Waals surface area (Å²) in [5, 5.41) is 9.91. The smallest absolute Gasteiger partial charge is 0.240 e. The fraction of sp³-hybridized carbons (Fsp3) is 0.294. The Morgan fingerprint density at radius 1 is 1.04 bits per heavy atom. The topological polar surface area (TPSA) is 75.6 Å². The first-order chi connectivity index (χ1) is 10.7. The number of aliphatic hydroxyl groups is 1. The zero-order chi connectivity index (χ0) is 17.1. The summed E-state index contributed by atoms with van der Waals surface area (Å²) in [4.78, 5) is 0.186. The van der Waals surface area contributed by atoms with Crippen LogP contribution in [-0.2, 0) is 22.2 Å². The van der Waals surface area contributed by atoms with E-state index in [0.717, 1.165) is 11.1 Å². The van der Waals surface area contributed by atoms with Crippen LogP contribution in [0.1, 0.15) is 25.0 Å². The van der Waals surface area contributed by atoms with Crippen molar-refractivity contribution in [2.45, 2.75) is 30.9 Å². The zero-order valence-corrected chi connectivity index (χ0v) is 14.2. The van der Waals surface area contributed by atoms with Crippen LogP contribution in [0.4, 0.5) is 0 Å². The van der Waals surface area contributed by atoms with Crippen molar-refractivity contribution in [1.82, 2.24) is 4.72 Å². The van der Waals surface area contributed by atoms with Crippen molar-refractivity contribution in [3.63, 3.8) is 0 Å². The van der Waals surface area contributed by atoms with Gasteiger partial charge in [0, 0.05) is 6.54 Å². The van der Waals surface area contributed by atoms with Gasteiger partial charge in [0.05, 0.1) is 17.6 Å². The van der Waals surface area contributed by atoms with Gasteiger partial charge in [-0.1, -0.05) is 24.3 Å². The number of nitrogens with one attached hydrogen (secondary N) is 1. The fourth-order valence-corrected chi connectivity index (χ4v) is 3.06. The van der Waals surface area contributed by atoms with Crippen LogP contribution in [0.3, 0.4) is 0 Å². The van der Waals surface area contributed by atoms with Gasteiger partial charge in [-0.05, 0) is 49.2 Å². The largest absolute Gasteiger partial charge is 0.497 e. The highest BCUT2D eigenvalue weighted by Gasteiger charge is 2.16. The molecule has 23 heavy (non-hydrogen) atoms. The van der Waals surface area contributed by atoms with Gasteiger partial charge in [0.25, 0.3) is 0 Å². The van der Waals surface area contributed by atoms with Gasteiger partial charge in [-0.25, -0.2) is 13.1 Å². The van der Waals surface area contributed by atoms with Crippen molar-refractivity contribution in [1.29, 1.82) is 0 Å². The molecule has 0 atom stereocenters. The Morgan fingerprint density at radius 3 is 2.09 bits per heavy atom. The number of ether oxygens (including phenoxy) is 1. The molecule has 0 spiro atoms. The van der Waals surface area contributed by atoms with Gasteiger partial charge >= 0.3 is 0 Å². The molecule has 0 aromatic heterocycles. The van der Waals surface area contributed by atoms with E-state index in [-0.39, 0.29) is 11.4 Å². The second kappa shape index (κ2) is 6.70. The summed E-state index contributed by atoms with van der Waals surface area (Å²) in [5.74, 6) is 0.603. The second-order valence-corrected chi connectivity index (χ2v) is 7.52. The molecule has 0 unspecified atom stereocenters. The quantitative estimate of drug-likeness (QED) is 0.850. The molecule has 0 saturated heterocycles. The van der Waals surface area contributed by atoms with E-state index in [2.05, 4.69) is 4.72 Å². The second-order valence-electron chi connectivity index (χ2n) is 5.76. The number of benzene rings is 2. The van der Waals surface area contributed by atoms with Crippen molar-refractivity contribution < 1.29 is 18.3 Å². The van der Waals surface area contributed by atoms with Crippen molar-refractivity contribution in [3.05, 3.63) is 59.7 Å². The van der Waals surface area contributed by atoms with Crippen LogP contribution < -0.4 is 9.46 Å². The van der Waals surface area contributed by atoms with Crippen LogP contribution in [-0.4, -0.2) is 20.6 Å². The lowest BCUT2D eigenvalue weighted by molar-refractivity contribution is 0.0786. The van der Waals surface area contributed by atoms with Crippen LogP contribution in [0.15, 0.2) is 53.4 Å². The standard InChI is InChI=1S/C17H21NO4S/c1-17(2,19)14-6-4-13(5-7-14)12-18-23(20,21)16-10-8-15(22-3)9-11-16/h4-11,18-19H,12H2,1-3H3. The third-order valence-corrected chi connectivity index (χ3v) is 4.91. The molecule has 0 bridgehead atoms. The first kappa shape index (κ1) is 17.5. The highest BCUT2D eigenvalue weighted by Crippen LogP contribution is 2.20. The molecule has 2 N–H and O–H groups in total. The first-order valence-corrected chi connectivity index (χ1v) is 8.66. The highest BCUT2D eigenvalue weighted by molar-refractivity contribution is 7.89. The average Bonchev–Trinajstić information content (AvgIpc) is 2.53. The highest BCUT2D eigenvalue weighted by atomic mass is 32.2. The van der Waals surface area contributed by atoms with E-state index < -0.39 is 15.6 Å². The molecular formula is C17H21NO4S. The molecule has 0 aliphatic rings. The molecule has 2 aromatic rings. The normalized spacial score (nSPS) is 12.2. The van der Waals surface area contributed by atoms with Crippen LogP contribution in [0.5, 0.6) is 5.75 Å². The minimum Gasteiger partial charge on any atom is -0.497 e. The molecular weight excluding hydrogens is 314 g/mol. The summed E-state index contributed by atoms with van der Waals surface area (Å²) in [6.07, 6.45) is 0. The Kier molecular flexibility index (Phi) is 5.09. The van der Waals surface area contributed by atoms with Gasteiger partial charge in [-0.3, -0.25) is 0 Å². The third kappa shape index (κ3) is 4.54. The van der Waals surface area contributed by atoms with E-state index in [0.29, 0.717) is 5.75 Å². The molecule has 6 heteroatoms. The van der Waals surface area contributed by atoms with Crippen LogP contribution in [0, 0.1) is 0 Å². The monoisotopic (exact) mass is 335 g/mol. The Morgan fingerprint density at radius 2 is 1.61 bits per heavy atom. The van der Waals surface area contributed by atoms with Crippen LogP contribution in [0.25, 0.3) is 0 Å². The third-order valence-electron chi connectivity index (χ3n) is 3.50. The maximum Gasteiger partial charge on any atom is 0.240 e. The number of methoxy groups -OCH3 is 1. The van der Waals surface area contributed by atoms with Crippen molar-refractivity contribution in [3.8, 4) is 5.75 Å². The number of hydrogen-bond donors (Lipinski definition) is 2. The molecule has 0 saturated carbocycles. The lowest BCUT2D eigenvalue weighted by atomic mass is 9.97. The first-order valence-electron chi connectivity index (χ1n) is 7.18. The number of rotatable bonds is 6. The molecule has 0 aliphatic heterocycles. The summed E-state index contributed by atoms with van der Waals surface area (Å²) in [6, 6.07) is 13.4. The van der Waals surface area contributed by atoms with E-state index in [1.807, 2.05) is 0 Å². The molecule has 0 radical (unpaired) electrons. The maximum absolute atomic E-state index is 12.2. The Hall–Kier alpha value is -1.89. The summed E-state index contributed by atoms with van der Waals surface area (Å²) in [6.45, 7) is 3.59. The Labute approximate surface area is 137 Å². The van der Waals surface area contributed by atoms with Crippen LogP contribution in [0.2, 0.25) is 0 Å². The van der Waals surface area contributed by atoms with E-state index in [4.69, 9.17) is 4.74 Å². The molecule has 0 heterocycles. The molecule has 2 aromatic carbocycles. The fourth-order valence-electron chi connectivity index (χ4n) is 2.05. The van der Waals surface area contributed by atoms with Gasteiger partial charge in [0.1, 0.15) is 5.75 Å². The van der Waals surface area contributed by atoms with E-state index in [1.165, 1.54) is 19.2 Å². The molecule has 5 nitrogen and oxygen atoms in total. The SMILES string of the molecule is COc1ccc(S(=O)(=O)NCc2ccc(C(C)(C)O)cc2)cc1. The van der Waals surface area contributed by atoms with Gasteiger partial charge < -0.3 is 9.84 Å². The van der Waals surface area contributed by atoms with E-state index in [9.17, 15) is 13.5 Å². The zero-order valence-electron chi connectivity index (χ0n) is 13.4. The minimum atomic E-state index is -3.58. The summed E-state index contributed by atoms with van der Waals surface area (Å²) in [5.41, 5.74) is 0.676. The maximum atomic E-state index is 12.2. The molecule has 2 rings (SSSR count). The Balaban J connectivity index is 2.06. The van der Waals surface area contributed by atoms with Gasteiger partial charge in [0.2, 0.25) is 10.0 Å². The summed E-state index contributed by atoms with van der Waals surface area (Å²) in [7, 11) is -2.05. The number of hydrogen-bond acceptors (Lipinski definition) is 4. The summed E-state index contributed by atoms with van der Waals surface area (Å²) < 4.78 is 32.0. The Bertz CT molecular complexity index is 745. The van der Waals surface area contributed by atoms with Crippen molar-refractivity contribution in [2.24, 2.45) is 0 Å². The molecule has 0 fully saturated rings. The minimum absolute atomic E-state index is 0.181. The number of sulfonamides is 1. The van der Waals surface area contributed by atoms with Crippen LogP contribution >= 0.6 is 0 Å². The van der Waals surface area contributed by atoms with Gasteiger partial charge in [-0.15, -0.1) is 0 Å². The van der Waals surface area contributed by atoms with E-state index >= 15 is 0 Å². The van der Waals surface area contributed by atoms with Gasteiger partial charge in [0.15, 0.2) is 0 Å². The van der Waals surface area contributed by atoms with Crippen molar-refractivity contribution >= 4 is 10.0 Å². The lowest BCUT2D eigenvalue weighted by Gasteiger charge is -2.18. The molecule has 0 aliphatic carbocycles. The predicted molar refractivity (Wildman–Crippen MR) is 88.7 cm³/mol. The van der Waals surface area contributed by atoms with E-state index in [1.54, 1.807) is 50.2 Å². The average molecular weight is 335 g/mol. The summed E-state index contributed by atoms with van der Waals surface area (Å²) >= 11 is 0. The van der Waals surface area contributed by atoms with Gasteiger partial charge in [-0.2, -0.15) is 0 Å². The molecule has 0 amide bonds.